The number of hydrogen-bond acceptors (Lipinski definition) is 3. The lowest BCUT2D eigenvalue weighted by atomic mass is 9.76. The van der Waals surface area contributed by atoms with E-state index in [9.17, 15) is 13.2 Å². The molecule has 1 heterocycles. The van der Waals surface area contributed by atoms with Crippen molar-refractivity contribution in [3.63, 3.8) is 0 Å². The lowest BCUT2D eigenvalue weighted by Crippen LogP contribution is -2.21. The van der Waals surface area contributed by atoms with Crippen molar-refractivity contribution in [1.82, 2.24) is 0 Å². The number of halogens is 3. The monoisotopic (exact) mass is 399 g/mol. The van der Waals surface area contributed by atoms with Gasteiger partial charge in [-0.15, -0.1) is 11.3 Å². The van der Waals surface area contributed by atoms with E-state index in [2.05, 4.69) is 20.8 Å². The van der Waals surface area contributed by atoms with Crippen molar-refractivity contribution >= 4 is 17.8 Å². The van der Waals surface area contributed by atoms with E-state index in [4.69, 9.17) is 15.6 Å². The molecular formula is C20H24F3NO2S. The molecular weight excluding hydrogens is 375 g/mol. The van der Waals surface area contributed by atoms with Gasteiger partial charge in [0.25, 0.3) is 6.47 Å². The fraction of sp³-hybridized carbons (Fsp3) is 0.450. The van der Waals surface area contributed by atoms with Crippen LogP contribution in [-0.2, 0) is 30.4 Å². The molecule has 0 spiro atoms. The average Bonchev–Trinajstić information content (AvgIpc) is 2.89. The molecule has 0 radical (unpaired) electrons. The summed E-state index contributed by atoms with van der Waals surface area (Å²) < 4.78 is 38.9. The highest BCUT2D eigenvalue weighted by molar-refractivity contribution is 7.16. The van der Waals surface area contributed by atoms with E-state index in [0.29, 0.717) is 5.56 Å². The van der Waals surface area contributed by atoms with Crippen LogP contribution in [0.3, 0.4) is 0 Å². The molecule has 1 aliphatic rings. The molecule has 3 rings (SSSR count). The summed E-state index contributed by atoms with van der Waals surface area (Å²) in [6.45, 7) is 6.49. The Balaban J connectivity index is 0.000000817. The molecule has 0 atom stereocenters. The van der Waals surface area contributed by atoms with Crippen molar-refractivity contribution < 1.29 is 23.1 Å². The number of alkyl halides is 3. The third kappa shape index (κ3) is 4.71. The second-order valence-corrected chi connectivity index (χ2v) is 8.58. The van der Waals surface area contributed by atoms with Gasteiger partial charge in [0.1, 0.15) is 0 Å². The van der Waals surface area contributed by atoms with Crippen molar-refractivity contribution in [2.75, 3.05) is 0 Å². The largest absolute Gasteiger partial charge is 0.483 e. The first-order valence-corrected chi connectivity index (χ1v) is 9.45. The second-order valence-electron chi connectivity index (χ2n) is 7.48. The number of rotatable bonds is 2. The van der Waals surface area contributed by atoms with Gasteiger partial charge in [0, 0.05) is 16.3 Å². The molecule has 0 saturated heterocycles. The van der Waals surface area contributed by atoms with Crippen LogP contribution in [0.25, 0.3) is 10.4 Å². The van der Waals surface area contributed by atoms with Gasteiger partial charge in [-0.2, -0.15) is 13.2 Å². The Morgan fingerprint density at radius 1 is 1.33 bits per heavy atom. The van der Waals surface area contributed by atoms with Gasteiger partial charge in [0.05, 0.1) is 5.56 Å². The molecule has 0 aliphatic heterocycles. The van der Waals surface area contributed by atoms with Gasteiger partial charge in [-0.1, -0.05) is 19.9 Å². The van der Waals surface area contributed by atoms with E-state index in [-0.39, 0.29) is 18.4 Å². The number of hydrogen-bond donors (Lipinski definition) is 2. The van der Waals surface area contributed by atoms with Crippen LogP contribution < -0.4 is 5.73 Å². The number of aryl methyl sites for hydroxylation is 1. The van der Waals surface area contributed by atoms with Gasteiger partial charge >= 0.3 is 6.18 Å². The summed E-state index contributed by atoms with van der Waals surface area (Å²) in [6, 6.07) is 3.94. The van der Waals surface area contributed by atoms with Crippen molar-refractivity contribution in [2.24, 2.45) is 11.1 Å². The van der Waals surface area contributed by atoms with Crippen LogP contribution in [0.15, 0.2) is 18.2 Å². The molecule has 1 aromatic carbocycles. The molecule has 0 unspecified atom stereocenters. The smallest absolute Gasteiger partial charge is 0.416 e. The van der Waals surface area contributed by atoms with Gasteiger partial charge in [-0.05, 0) is 66.0 Å². The van der Waals surface area contributed by atoms with Crippen LogP contribution in [0.1, 0.15) is 47.4 Å². The number of nitrogens with two attached hydrogens (primary N) is 1. The van der Waals surface area contributed by atoms with Crippen molar-refractivity contribution in [1.29, 1.82) is 0 Å². The molecule has 148 valence electrons. The maximum atomic E-state index is 13.0. The minimum Gasteiger partial charge on any atom is -0.483 e. The molecule has 7 heteroatoms. The third-order valence-corrected chi connectivity index (χ3v) is 6.36. The van der Waals surface area contributed by atoms with Crippen LogP contribution in [0, 0.1) is 12.3 Å². The summed E-state index contributed by atoms with van der Waals surface area (Å²) >= 11 is 1.72. The van der Waals surface area contributed by atoms with Gasteiger partial charge < -0.3 is 10.8 Å². The molecule has 3 N–H and O–H groups in total. The fourth-order valence-corrected chi connectivity index (χ4v) is 4.86. The fourth-order valence-electron chi connectivity index (χ4n) is 3.48. The predicted octanol–water partition coefficient (Wildman–Crippen LogP) is 5.42. The minimum atomic E-state index is -4.34. The zero-order valence-electron chi connectivity index (χ0n) is 15.6. The second kappa shape index (κ2) is 8.02. The predicted molar refractivity (Wildman–Crippen MR) is 102 cm³/mol. The number of carboxylic acid groups (broad SMARTS) is 1. The topological polar surface area (TPSA) is 63.3 Å². The van der Waals surface area contributed by atoms with Gasteiger partial charge in [0.2, 0.25) is 0 Å². The first kappa shape index (κ1) is 21.4. The summed E-state index contributed by atoms with van der Waals surface area (Å²) in [5.74, 6) is 0. The molecule has 27 heavy (non-hydrogen) atoms. The Bertz CT molecular complexity index is 825. The molecule has 0 amide bonds. The quantitative estimate of drug-likeness (QED) is 0.663. The maximum absolute atomic E-state index is 13.0. The van der Waals surface area contributed by atoms with Gasteiger partial charge in [-0.25, -0.2) is 0 Å². The van der Waals surface area contributed by atoms with E-state index in [1.165, 1.54) is 22.1 Å². The molecule has 1 aromatic heterocycles. The van der Waals surface area contributed by atoms with Crippen LogP contribution >= 0.6 is 11.3 Å². The Labute approximate surface area is 161 Å². The minimum absolute atomic E-state index is 0.104. The first-order chi connectivity index (χ1) is 12.5. The maximum Gasteiger partial charge on any atom is 0.416 e. The lowest BCUT2D eigenvalue weighted by Gasteiger charge is -2.29. The molecule has 1 aliphatic carbocycles. The highest BCUT2D eigenvalue weighted by atomic mass is 32.1. The number of benzene rings is 1. The summed E-state index contributed by atoms with van der Waals surface area (Å²) in [5, 5.41) is 6.89. The van der Waals surface area contributed by atoms with Crippen LogP contribution in [0.2, 0.25) is 0 Å². The summed E-state index contributed by atoms with van der Waals surface area (Å²) in [6.07, 6.45) is -1.11. The molecule has 0 saturated carbocycles. The zero-order valence-corrected chi connectivity index (χ0v) is 16.4. The number of carbonyl (C=O) groups is 1. The SMILES string of the molecule is Cc1c(-c2ccc(C(F)(F)F)cc2CN)sc2c1CC(C)(C)CC2.O=CO. The Morgan fingerprint density at radius 3 is 2.52 bits per heavy atom. The van der Waals surface area contributed by atoms with Gasteiger partial charge in [-0.3, -0.25) is 4.79 Å². The highest BCUT2D eigenvalue weighted by Gasteiger charge is 2.32. The summed E-state index contributed by atoms with van der Waals surface area (Å²) in [4.78, 5) is 10.8. The van der Waals surface area contributed by atoms with E-state index in [1.54, 1.807) is 17.4 Å². The zero-order chi connectivity index (χ0) is 20.4. The van der Waals surface area contributed by atoms with E-state index < -0.39 is 11.7 Å². The van der Waals surface area contributed by atoms with E-state index in [0.717, 1.165) is 35.8 Å². The lowest BCUT2D eigenvalue weighted by molar-refractivity contribution is -0.137. The Morgan fingerprint density at radius 2 is 1.96 bits per heavy atom. The van der Waals surface area contributed by atoms with E-state index in [1.807, 2.05) is 0 Å². The Kier molecular flexibility index (Phi) is 6.37. The van der Waals surface area contributed by atoms with Crippen molar-refractivity contribution in [3.05, 3.63) is 45.3 Å². The van der Waals surface area contributed by atoms with Crippen LogP contribution in [0.4, 0.5) is 13.2 Å². The van der Waals surface area contributed by atoms with Crippen molar-refractivity contribution in [2.45, 2.75) is 52.8 Å². The number of thiophene rings is 1. The standard InChI is InChI=1S/C19H22F3NS.CH2O2/c1-11-15-9-18(2,3)7-6-16(15)24-17(11)14-5-4-13(19(20,21)22)8-12(14)10-23;2-1-3/h4-5,8H,6-7,9-10,23H2,1-3H3;1H,(H,2,3). The molecule has 0 fully saturated rings. The van der Waals surface area contributed by atoms with Crippen molar-refractivity contribution in [3.8, 4) is 10.4 Å². The van der Waals surface area contributed by atoms with Gasteiger partial charge in [0.15, 0.2) is 0 Å². The van der Waals surface area contributed by atoms with Crippen LogP contribution in [-0.4, -0.2) is 11.6 Å². The van der Waals surface area contributed by atoms with Crippen LogP contribution in [0.5, 0.6) is 0 Å². The first-order valence-electron chi connectivity index (χ1n) is 8.63. The molecule has 0 bridgehead atoms. The summed E-state index contributed by atoms with van der Waals surface area (Å²) in [7, 11) is 0. The third-order valence-electron chi connectivity index (χ3n) is 4.94. The van der Waals surface area contributed by atoms with E-state index >= 15 is 0 Å². The number of fused-ring (bicyclic) bond motifs is 1. The summed E-state index contributed by atoms with van der Waals surface area (Å²) in [5.41, 5.74) is 9.40. The highest BCUT2D eigenvalue weighted by Crippen LogP contribution is 2.45. The Hall–Kier alpha value is -1.86. The normalized spacial score (nSPS) is 15.5. The average molecular weight is 399 g/mol. The molecule has 3 nitrogen and oxygen atoms in total. The molecule has 2 aromatic rings.